The summed E-state index contributed by atoms with van der Waals surface area (Å²) in [7, 11) is 0. The van der Waals surface area contributed by atoms with Crippen molar-refractivity contribution in [3.05, 3.63) is 70.1 Å². The number of nitrogens with one attached hydrogen (secondary N) is 1. The lowest BCUT2D eigenvalue weighted by atomic mass is 9.95. The van der Waals surface area contributed by atoms with Crippen LogP contribution in [-0.4, -0.2) is 10.5 Å². The predicted molar refractivity (Wildman–Crippen MR) is 108 cm³/mol. The normalized spacial score (nSPS) is 11.1. The number of pyridine rings is 1. The second kappa shape index (κ2) is 7.73. The van der Waals surface area contributed by atoms with E-state index in [1.807, 2.05) is 30.3 Å². The molecule has 0 radical (unpaired) electrons. The SMILES string of the molecule is CC(C)Cn1c(CN)c(-c2ccccc2)c2cc(C(=O)NN)ccc2c1=O. The lowest BCUT2D eigenvalue weighted by Gasteiger charge is -2.21. The summed E-state index contributed by atoms with van der Waals surface area (Å²) in [5.74, 6) is 5.16. The maximum atomic E-state index is 13.2. The molecule has 1 aromatic heterocycles. The Kier molecular flexibility index (Phi) is 5.39. The van der Waals surface area contributed by atoms with Crippen molar-refractivity contribution in [2.45, 2.75) is 26.9 Å². The van der Waals surface area contributed by atoms with Crippen LogP contribution in [0.15, 0.2) is 53.3 Å². The molecule has 0 bridgehead atoms. The highest BCUT2D eigenvalue weighted by Gasteiger charge is 2.19. The molecule has 2 aromatic carbocycles. The van der Waals surface area contributed by atoms with Crippen molar-refractivity contribution >= 4 is 16.7 Å². The third-order valence-electron chi connectivity index (χ3n) is 4.58. The third kappa shape index (κ3) is 3.49. The van der Waals surface area contributed by atoms with E-state index in [0.717, 1.165) is 16.8 Å². The van der Waals surface area contributed by atoms with Crippen molar-refractivity contribution in [2.24, 2.45) is 17.5 Å². The fourth-order valence-corrected chi connectivity index (χ4v) is 3.42. The highest BCUT2D eigenvalue weighted by atomic mass is 16.2. The Bertz CT molecular complexity index is 1040. The van der Waals surface area contributed by atoms with Crippen LogP contribution < -0.4 is 22.6 Å². The van der Waals surface area contributed by atoms with Gasteiger partial charge in [-0.05, 0) is 35.1 Å². The number of carbonyl (C=O) groups excluding carboxylic acids is 1. The van der Waals surface area contributed by atoms with Gasteiger partial charge in [-0.15, -0.1) is 0 Å². The molecule has 6 heteroatoms. The standard InChI is InChI=1S/C21H24N4O2/c1-13(2)12-25-18(11-22)19(14-6-4-3-5-7-14)17-10-15(20(26)24-23)8-9-16(17)21(25)27/h3-10,13H,11-12,22-23H2,1-2H3,(H,24,26). The summed E-state index contributed by atoms with van der Waals surface area (Å²) >= 11 is 0. The number of nitrogen functional groups attached to an aromatic ring is 1. The fourth-order valence-electron chi connectivity index (χ4n) is 3.42. The number of hydrogen-bond acceptors (Lipinski definition) is 4. The summed E-state index contributed by atoms with van der Waals surface area (Å²) in [6, 6.07) is 14.8. The average molecular weight is 364 g/mol. The molecule has 1 heterocycles. The maximum Gasteiger partial charge on any atom is 0.265 e. The second-order valence-corrected chi connectivity index (χ2v) is 6.94. The summed E-state index contributed by atoms with van der Waals surface area (Å²) in [6.07, 6.45) is 0. The molecule has 0 fully saturated rings. The summed E-state index contributed by atoms with van der Waals surface area (Å²) in [5.41, 5.74) is 11.1. The minimum Gasteiger partial charge on any atom is -0.325 e. The average Bonchev–Trinajstić information content (AvgIpc) is 2.69. The predicted octanol–water partition coefficient (Wildman–Crippen LogP) is 2.39. The fraction of sp³-hybridized carbons (Fsp3) is 0.238. The quantitative estimate of drug-likeness (QED) is 0.367. The molecule has 1 amide bonds. The van der Waals surface area contributed by atoms with Gasteiger partial charge in [-0.3, -0.25) is 15.0 Å². The Labute approximate surface area is 157 Å². The second-order valence-electron chi connectivity index (χ2n) is 6.94. The van der Waals surface area contributed by atoms with E-state index >= 15 is 0 Å². The van der Waals surface area contributed by atoms with Crippen molar-refractivity contribution in [2.75, 3.05) is 0 Å². The van der Waals surface area contributed by atoms with Crippen LogP contribution >= 0.6 is 0 Å². The first-order valence-corrected chi connectivity index (χ1v) is 8.93. The van der Waals surface area contributed by atoms with Crippen molar-refractivity contribution in [1.29, 1.82) is 0 Å². The molecular formula is C21H24N4O2. The Morgan fingerprint density at radius 1 is 1.11 bits per heavy atom. The number of hydrogen-bond donors (Lipinski definition) is 3. The molecule has 27 heavy (non-hydrogen) atoms. The lowest BCUT2D eigenvalue weighted by Crippen LogP contribution is -2.30. The Morgan fingerprint density at radius 2 is 1.81 bits per heavy atom. The van der Waals surface area contributed by atoms with E-state index in [9.17, 15) is 9.59 Å². The van der Waals surface area contributed by atoms with Crippen LogP contribution in [0.3, 0.4) is 0 Å². The molecule has 140 valence electrons. The number of hydrazine groups is 1. The lowest BCUT2D eigenvalue weighted by molar-refractivity contribution is 0.0954. The number of nitrogens with zero attached hydrogens (tertiary/aromatic N) is 1. The molecule has 0 atom stereocenters. The largest absolute Gasteiger partial charge is 0.325 e. The molecule has 0 aliphatic carbocycles. The molecule has 0 saturated heterocycles. The van der Waals surface area contributed by atoms with Crippen molar-refractivity contribution in [3.8, 4) is 11.1 Å². The summed E-state index contributed by atoms with van der Waals surface area (Å²) < 4.78 is 1.76. The molecule has 0 saturated carbocycles. The third-order valence-corrected chi connectivity index (χ3v) is 4.58. The number of benzene rings is 2. The Balaban J connectivity index is 2.46. The van der Waals surface area contributed by atoms with Crippen LogP contribution in [0, 0.1) is 5.92 Å². The van der Waals surface area contributed by atoms with Gasteiger partial charge in [0, 0.05) is 35.3 Å². The van der Waals surface area contributed by atoms with E-state index in [2.05, 4.69) is 19.3 Å². The monoisotopic (exact) mass is 364 g/mol. The smallest absolute Gasteiger partial charge is 0.265 e. The number of nitrogens with two attached hydrogens (primary N) is 2. The van der Waals surface area contributed by atoms with Crippen LogP contribution in [0.1, 0.15) is 29.9 Å². The zero-order chi connectivity index (χ0) is 19.6. The van der Waals surface area contributed by atoms with Gasteiger partial charge in [0.25, 0.3) is 11.5 Å². The van der Waals surface area contributed by atoms with Crippen molar-refractivity contribution in [3.63, 3.8) is 0 Å². The zero-order valence-electron chi connectivity index (χ0n) is 15.5. The van der Waals surface area contributed by atoms with E-state index in [4.69, 9.17) is 11.6 Å². The number of fused-ring (bicyclic) bond motifs is 1. The number of carbonyl (C=O) groups is 1. The molecule has 0 aliphatic heterocycles. The van der Waals surface area contributed by atoms with Crippen LogP contribution in [0.4, 0.5) is 0 Å². The van der Waals surface area contributed by atoms with E-state index < -0.39 is 5.91 Å². The Hall–Kier alpha value is -2.96. The Morgan fingerprint density at radius 3 is 2.41 bits per heavy atom. The molecular weight excluding hydrogens is 340 g/mol. The molecule has 0 aliphatic rings. The van der Waals surface area contributed by atoms with E-state index in [0.29, 0.717) is 22.9 Å². The molecule has 6 nitrogen and oxygen atoms in total. The van der Waals surface area contributed by atoms with Gasteiger partial charge in [-0.25, -0.2) is 5.84 Å². The van der Waals surface area contributed by atoms with Gasteiger partial charge in [0.05, 0.1) is 0 Å². The van der Waals surface area contributed by atoms with Gasteiger partial charge in [-0.2, -0.15) is 0 Å². The van der Waals surface area contributed by atoms with Gasteiger partial charge >= 0.3 is 0 Å². The number of amides is 1. The van der Waals surface area contributed by atoms with Gasteiger partial charge < -0.3 is 10.3 Å². The van der Waals surface area contributed by atoms with Gasteiger partial charge in [0.2, 0.25) is 0 Å². The van der Waals surface area contributed by atoms with Crippen LogP contribution in [0.2, 0.25) is 0 Å². The van der Waals surface area contributed by atoms with Crippen LogP contribution in [0.25, 0.3) is 21.9 Å². The molecule has 0 unspecified atom stereocenters. The number of aromatic nitrogens is 1. The summed E-state index contributed by atoms with van der Waals surface area (Å²) in [6.45, 7) is 4.92. The van der Waals surface area contributed by atoms with Crippen LogP contribution in [0.5, 0.6) is 0 Å². The summed E-state index contributed by atoms with van der Waals surface area (Å²) in [5, 5.41) is 1.26. The number of rotatable bonds is 5. The zero-order valence-corrected chi connectivity index (χ0v) is 15.5. The van der Waals surface area contributed by atoms with Crippen molar-refractivity contribution < 1.29 is 4.79 Å². The molecule has 0 spiro atoms. The highest BCUT2D eigenvalue weighted by Crippen LogP contribution is 2.31. The van der Waals surface area contributed by atoms with Crippen molar-refractivity contribution in [1.82, 2.24) is 9.99 Å². The van der Waals surface area contributed by atoms with Gasteiger partial charge in [-0.1, -0.05) is 44.2 Å². The first-order valence-electron chi connectivity index (χ1n) is 8.93. The molecule has 3 aromatic rings. The van der Waals surface area contributed by atoms with Gasteiger partial charge in [0.15, 0.2) is 0 Å². The highest BCUT2D eigenvalue weighted by molar-refractivity contribution is 6.03. The maximum absolute atomic E-state index is 13.2. The van der Waals surface area contributed by atoms with Crippen LogP contribution in [-0.2, 0) is 13.1 Å². The molecule has 3 rings (SSSR count). The first kappa shape index (κ1) is 18.8. The van der Waals surface area contributed by atoms with Gasteiger partial charge in [0.1, 0.15) is 0 Å². The topological polar surface area (TPSA) is 103 Å². The minimum absolute atomic E-state index is 0.0986. The first-order chi connectivity index (χ1) is 13.0. The minimum atomic E-state index is -0.406. The van der Waals surface area contributed by atoms with E-state index in [1.54, 1.807) is 22.8 Å². The molecule has 5 N–H and O–H groups in total. The summed E-state index contributed by atoms with van der Waals surface area (Å²) in [4.78, 5) is 25.2. The van der Waals surface area contributed by atoms with E-state index in [1.165, 1.54) is 0 Å². The van der Waals surface area contributed by atoms with E-state index in [-0.39, 0.29) is 18.0 Å².